The van der Waals surface area contributed by atoms with E-state index in [0.717, 1.165) is 47.8 Å². The summed E-state index contributed by atoms with van der Waals surface area (Å²) < 4.78 is 3.91. The number of fused-ring (bicyclic) bond motifs is 1. The highest BCUT2D eigenvalue weighted by Crippen LogP contribution is 2.23. The molecule has 1 fully saturated rings. The average Bonchev–Trinajstić information content (AvgIpc) is 3.45. The summed E-state index contributed by atoms with van der Waals surface area (Å²) in [5, 5.41) is 12.8. The number of amides is 1. The predicted octanol–water partition coefficient (Wildman–Crippen LogP) is 3.86. The zero-order chi connectivity index (χ0) is 18.9. The molecule has 7 nitrogen and oxygen atoms in total. The minimum atomic E-state index is -0.197. The Morgan fingerprint density at radius 2 is 2.07 bits per heavy atom. The molecule has 150 valence electrons. The van der Waals surface area contributed by atoms with E-state index in [9.17, 15) is 4.79 Å². The number of thiazole rings is 1. The molecule has 1 unspecified atom stereocenters. The molecule has 1 aromatic carbocycles. The summed E-state index contributed by atoms with van der Waals surface area (Å²) in [5.41, 5.74) is 3.11. The molecule has 0 saturated carbocycles. The van der Waals surface area contributed by atoms with E-state index in [1.807, 2.05) is 57.3 Å². The first-order chi connectivity index (χ1) is 13.8. The molecule has 4 aromatic rings. The molecule has 1 aliphatic heterocycles. The van der Waals surface area contributed by atoms with Gasteiger partial charge < -0.3 is 10.6 Å². The fraction of sp³-hybridized carbons (Fsp3) is 0.250. The van der Waals surface area contributed by atoms with E-state index in [2.05, 4.69) is 20.7 Å². The number of imidazole rings is 1. The molecule has 1 aliphatic rings. The molecule has 0 bridgehead atoms. The fourth-order valence-corrected chi connectivity index (χ4v) is 4.21. The van der Waals surface area contributed by atoms with Crippen LogP contribution in [0, 0.1) is 0 Å². The summed E-state index contributed by atoms with van der Waals surface area (Å²) in [5.74, 6) is -0.197. The number of aromatic nitrogens is 4. The molecular weight excluding hydrogens is 408 g/mol. The van der Waals surface area contributed by atoms with Crippen LogP contribution in [-0.4, -0.2) is 38.2 Å². The Labute approximate surface area is 178 Å². The second-order valence-corrected chi connectivity index (χ2v) is 7.80. The second kappa shape index (κ2) is 8.36. The normalized spacial score (nSPS) is 16.5. The Hall–Kier alpha value is -2.68. The third-order valence-corrected chi connectivity index (χ3v) is 5.79. The number of rotatable bonds is 4. The van der Waals surface area contributed by atoms with Gasteiger partial charge in [0.1, 0.15) is 0 Å². The van der Waals surface area contributed by atoms with Crippen molar-refractivity contribution in [2.45, 2.75) is 18.9 Å². The molecule has 1 amide bonds. The van der Waals surface area contributed by atoms with Crippen LogP contribution < -0.4 is 10.6 Å². The minimum Gasteiger partial charge on any atom is -0.321 e. The third-order valence-electron chi connectivity index (χ3n) is 5.02. The summed E-state index contributed by atoms with van der Waals surface area (Å²) in [4.78, 5) is 18.1. The molecule has 3 aromatic heterocycles. The lowest BCUT2D eigenvalue weighted by atomic mass is 10.1. The van der Waals surface area contributed by atoms with Crippen LogP contribution in [0.3, 0.4) is 0 Å². The molecular formula is C20H21ClN6OS. The average molecular weight is 429 g/mol. The van der Waals surface area contributed by atoms with Gasteiger partial charge in [0.05, 0.1) is 11.7 Å². The maximum absolute atomic E-state index is 12.5. The van der Waals surface area contributed by atoms with Gasteiger partial charge >= 0.3 is 0 Å². The third kappa shape index (κ3) is 4.05. The lowest BCUT2D eigenvalue weighted by Crippen LogP contribution is -2.32. The van der Waals surface area contributed by atoms with Crippen LogP contribution >= 0.6 is 23.7 Å². The van der Waals surface area contributed by atoms with Gasteiger partial charge in [0, 0.05) is 41.8 Å². The topological polar surface area (TPSA) is 76.2 Å². The Morgan fingerprint density at radius 1 is 1.21 bits per heavy atom. The Bertz CT molecular complexity index is 1080. The van der Waals surface area contributed by atoms with Gasteiger partial charge in [-0.15, -0.1) is 23.7 Å². The van der Waals surface area contributed by atoms with Gasteiger partial charge in [-0.2, -0.15) is 5.10 Å². The van der Waals surface area contributed by atoms with E-state index in [1.165, 1.54) is 0 Å². The summed E-state index contributed by atoms with van der Waals surface area (Å²) in [6, 6.07) is 9.81. The number of piperidine rings is 1. The zero-order valence-electron chi connectivity index (χ0n) is 15.6. The SMILES string of the molecule is Cl.O=C(Nc1ccc(-c2cn3ccsc3n2)cc1)c1ccn(C2CCCNC2)n1. The molecule has 29 heavy (non-hydrogen) atoms. The molecule has 0 radical (unpaired) electrons. The first kappa shape index (κ1) is 19.6. The quantitative estimate of drug-likeness (QED) is 0.517. The number of carbonyl (C=O) groups excluding carboxylic acids is 1. The first-order valence-electron chi connectivity index (χ1n) is 9.36. The van der Waals surface area contributed by atoms with Crippen molar-refractivity contribution in [1.29, 1.82) is 0 Å². The summed E-state index contributed by atoms with van der Waals surface area (Å²) in [6.45, 7) is 1.95. The van der Waals surface area contributed by atoms with Gasteiger partial charge in [0.15, 0.2) is 10.7 Å². The van der Waals surface area contributed by atoms with E-state index < -0.39 is 0 Å². The van der Waals surface area contributed by atoms with E-state index in [-0.39, 0.29) is 18.3 Å². The number of hydrogen-bond acceptors (Lipinski definition) is 5. The predicted molar refractivity (Wildman–Crippen MR) is 117 cm³/mol. The van der Waals surface area contributed by atoms with E-state index >= 15 is 0 Å². The van der Waals surface area contributed by atoms with Crippen molar-refractivity contribution in [2.24, 2.45) is 0 Å². The second-order valence-electron chi connectivity index (χ2n) is 6.93. The molecule has 4 heterocycles. The number of benzene rings is 1. The highest BCUT2D eigenvalue weighted by atomic mass is 35.5. The monoisotopic (exact) mass is 428 g/mol. The summed E-state index contributed by atoms with van der Waals surface area (Å²) in [7, 11) is 0. The van der Waals surface area contributed by atoms with Crippen molar-refractivity contribution in [3.8, 4) is 11.3 Å². The van der Waals surface area contributed by atoms with Crippen LogP contribution in [0.25, 0.3) is 16.2 Å². The molecule has 0 aliphatic carbocycles. The van der Waals surface area contributed by atoms with Crippen LogP contribution in [0.4, 0.5) is 5.69 Å². The number of carbonyl (C=O) groups is 1. The highest BCUT2D eigenvalue weighted by Gasteiger charge is 2.18. The van der Waals surface area contributed by atoms with Crippen molar-refractivity contribution in [1.82, 2.24) is 24.5 Å². The number of anilines is 1. The number of halogens is 1. The number of nitrogens with zero attached hydrogens (tertiary/aromatic N) is 4. The Kier molecular flexibility index (Phi) is 5.66. The van der Waals surface area contributed by atoms with Gasteiger partial charge in [0.2, 0.25) is 0 Å². The van der Waals surface area contributed by atoms with E-state index in [0.29, 0.717) is 11.7 Å². The number of hydrogen-bond donors (Lipinski definition) is 2. The van der Waals surface area contributed by atoms with Crippen molar-refractivity contribution in [3.63, 3.8) is 0 Å². The van der Waals surface area contributed by atoms with Crippen molar-refractivity contribution < 1.29 is 4.79 Å². The fourth-order valence-electron chi connectivity index (χ4n) is 3.51. The molecule has 2 N–H and O–H groups in total. The Morgan fingerprint density at radius 3 is 2.83 bits per heavy atom. The minimum absolute atomic E-state index is 0. The van der Waals surface area contributed by atoms with Crippen LogP contribution in [0.2, 0.25) is 0 Å². The van der Waals surface area contributed by atoms with Crippen LogP contribution in [0.5, 0.6) is 0 Å². The van der Waals surface area contributed by atoms with Gasteiger partial charge in [-0.1, -0.05) is 12.1 Å². The summed E-state index contributed by atoms with van der Waals surface area (Å²) >= 11 is 1.61. The number of nitrogens with one attached hydrogen (secondary N) is 2. The lowest BCUT2D eigenvalue weighted by Gasteiger charge is -2.22. The van der Waals surface area contributed by atoms with Crippen LogP contribution in [-0.2, 0) is 0 Å². The smallest absolute Gasteiger partial charge is 0.276 e. The van der Waals surface area contributed by atoms with Gasteiger partial charge in [-0.25, -0.2) is 4.98 Å². The largest absolute Gasteiger partial charge is 0.321 e. The molecule has 1 atom stereocenters. The van der Waals surface area contributed by atoms with Gasteiger partial charge in [-0.05, 0) is 37.6 Å². The van der Waals surface area contributed by atoms with Crippen molar-refractivity contribution >= 4 is 40.3 Å². The molecule has 5 rings (SSSR count). The highest BCUT2D eigenvalue weighted by molar-refractivity contribution is 7.15. The van der Waals surface area contributed by atoms with Crippen LogP contribution in [0.15, 0.2) is 54.3 Å². The first-order valence-corrected chi connectivity index (χ1v) is 10.2. The van der Waals surface area contributed by atoms with Gasteiger partial charge in [0.25, 0.3) is 5.91 Å². The molecule has 0 spiro atoms. The standard InChI is InChI=1S/C20H20N6OS.ClH/c27-19(17-7-9-26(24-17)16-2-1-8-21-12-16)22-15-5-3-14(4-6-15)18-13-25-10-11-28-20(25)23-18;/h3-7,9-11,13,16,21H,1-2,8,12H2,(H,22,27);1H. The van der Waals surface area contributed by atoms with Crippen molar-refractivity contribution in [2.75, 3.05) is 18.4 Å². The van der Waals surface area contributed by atoms with E-state index in [4.69, 9.17) is 0 Å². The lowest BCUT2D eigenvalue weighted by molar-refractivity contribution is 0.102. The summed E-state index contributed by atoms with van der Waals surface area (Å²) in [6.07, 6.45) is 8.11. The van der Waals surface area contributed by atoms with E-state index in [1.54, 1.807) is 17.4 Å². The molecule has 1 saturated heterocycles. The maximum atomic E-state index is 12.5. The zero-order valence-corrected chi connectivity index (χ0v) is 17.2. The van der Waals surface area contributed by atoms with Crippen LogP contribution in [0.1, 0.15) is 29.4 Å². The van der Waals surface area contributed by atoms with Crippen molar-refractivity contribution in [3.05, 3.63) is 60.0 Å². The maximum Gasteiger partial charge on any atom is 0.276 e. The van der Waals surface area contributed by atoms with Gasteiger partial charge in [-0.3, -0.25) is 13.9 Å². The molecule has 9 heteroatoms. The Balaban J connectivity index is 0.00000205.